The molecule has 0 spiro atoms. The summed E-state index contributed by atoms with van der Waals surface area (Å²) in [6, 6.07) is 10.9. The first-order valence-corrected chi connectivity index (χ1v) is 9.28. The van der Waals surface area contributed by atoms with Crippen LogP contribution in [0.25, 0.3) is 0 Å². The van der Waals surface area contributed by atoms with E-state index in [1.807, 2.05) is 26.0 Å². The number of hydrogen-bond donors (Lipinski definition) is 2. The molecule has 1 aromatic heterocycles. The molecule has 0 fully saturated rings. The number of methoxy groups -OCH3 is 2. The number of carbonyl (C=O) groups is 2. The maximum Gasteiger partial charge on any atom is 0.274 e. The molecule has 0 saturated heterocycles. The molecule has 156 valence electrons. The third-order valence-electron chi connectivity index (χ3n) is 4.60. The van der Waals surface area contributed by atoms with E-state index in [2.05, 4.69) is 15.7 Å². The highest BCUT2D eigenvalue weighted by molar-refractivity contribution is 6.15. The van der Waals surface area contributed by atoms with E-state index >= 15 is 0 Å². The number of nitrogens with one attached hydrogen (secondary N) is 2. The molecule has 8 heteroatoms. The molecule has 0 bridgehead atoms. The monoisotopic (exact) mass is 408 g/mol. The lowest BCUT2D eigenvalue weighted by atomic mass is 10.1. The Morgan fingerprint density at radius 1 is 0.867 bits per heavy atom. The standard InChI is InChI=1S/C22H24N4O4/c1-13-6-8-18(29-4)16(10-13)24-21(27)15-12-23-26(3)20(15)22(28)25-17-11-14(2)7-9-19(17)30-5/h6-12H,1-5H3,(H,24,27)(H,25,28). The quantitative estimate of drug-likeness (QED) is 0.650. The predicted octanol–water partition coefficient (Wildman–Crippen LogP) is 3.56. The Hall–Kier alpha value is -3.81. The number of aryl methyl sites for hydroxylation is 3. The molecule has 0 radical (unpaired) electrons. The average molecular weight is 408 g/mol. The van der Waals surface area contributed by atoms with Gasteiger partial charge < -0.3 is 20.1 Å². The highest BCUT2D eigenvalue weighted by Gasteiger charge is 2.24. The molecular weight excluding hydrogens is 384 g/mol. The zero-order valence-corrected chi connectivity index (χ0v) is 17.6. The van der Waals surface area contributed by atoms with E-state index in [0.29, 0.717) is 22.9 Å². The normalized spacial score (nSPS) is 10.4. The lowest BCUT2D eigenvalue weighted by Crippen LogP contribution is -2.22. The zero-order valence-electron chi connectivity index (χ0n) is 17.6. The van der Waals surface area contributed by atoms with Gasteiger partial charge in [0.15, 0.2) is 0 Å². The molecule has 2 N–H and O–H groups in total. The summed E-state index contributed by atoms with van der Waals surface area (Å²) in [6.07, 6.45) is 1.36. The summed E-state index contributed by atoms with van der Waals surface area (Å²) in [5, 5.41) is 9.70. The number of amides is 2. The van der Waals surface area contributed by atoms with Crippen molar-refractivity contribution in [2.45, 2.75) is 13.8 Å². The number of benzene rings is 2. The number of nitrogens with zero attached hydrogens (tertiary/aromatic N) is 2. The minimum atomic E-state index is -0.472. The van der Waals surface area contributed by atoms with Crippen molar-refractivity contribution >= 4 is 23.2 Å². The summed E-state index contributed by atoms with van der Waals surface area (Å²) in [6.45, 7) is 3.82. The van der Waals surface area contributed by atoms with E-state index in [1.54, 1.807) is 31.3 Å². The fraction of sp³-hybridized carbons (Fsp3) is 0.227. The van der Waals surface area contributed by atoms with Crippen LogP contribution in [0.5, 0.6) is 11.5 Å². The molecule has 0 saturated carbocycles. The van der Waals surface area contributed by atoms with Gasteiger partial charge in [-0.05, 0) is 49.2 Å². The van der Waals surface area contributed by atoms with Gasteiger partial charge in [-0.15, -0.1) is 0 Å². The number of rotatable bonds is 6. The maximum atomic E-state index is 13.0. The van der Waals surface area contributed by atoms with Crippen molar-refractivity contribution < 1.29 is 19.1 Å². The Kier molecular flexibility index (Phi) is 6.06. The van der Waals surface area contributed by atoms with Crippen molar-refractivity contribution in [1.29, 1.82) is 0 Å². The fourth-order valence-electron chi connectivity index (χ4n) is 3.08. The van der Waals surface area contributed by atoms with Gasteiger partial charge in [-0.25, -0.2) is 0 Å². The molecule has 8 nitrogen and oxygen atoms in total. The van der Waals surface area contributed by atoms with Crippen LogP contribution in [0.3, 0.4) is 0 Å². The van der Waals surface area contributed by atoms with Crippen LogP contribution in [0.2, 0.25) is 0 Å². The lowest BCUT2D eigenvalue weighted by Gasteiger charge is -2.13. The van der Waals surface area contributed by atoms with Gasteiger partial charge in [0, 0.05) is 7.05 Å². The van der Waals surface area contributed by atoms with Gasteiger partial charge in [0.05, 0.1) is 37.4 Å². The molecule has 1 heterocycles. The third kappa shape index (κ3) is 4.27. The highest BCUT2D eigenvalue weighted by Crippen LogP contribution is 2.28. The van der Waals surface area contributed by atoms with E-state index in [9.17, 15) is 9.59 Å². The number of anilines is 2. The summed E-state index contributed by atoms with van der Waals surface area (Å²) in [5.41, 5.74) is 3.21. The van der Waals surface area contributed by atoms with Crippen LogP contribution in [0.15, 0.2) is 42.6 Å². The Balaban J connectivity index is 1.90. The Morgan fingerprint density at radius 3 is 1.87 bits per heavy atom. The Bertz CT molecular complexity index is 1100. The smallest absolute Gasteiger partial charge is 0.274 e. The molecule has 3 aromatic rings. The van der Waals surface area contributed by atoms with Crippen LogP contribution in [-0.2, 0) is 7.05 Å². The van der Waals surface area contributed by atoms with Crippen molar-refractivity contribution in [2.24, 2.45) is 7.05 Å². The van der Waals surface area contributed by atoms with Crippen LogP contribution in [0.1, 0.15) is 32.0 Å². The summed E-state index contributed by atoms with van der Waals surface area (Å²) in [4.78, 5) is 25.9. The van der Waals surface area contributed by atoms with Crippen LogP contribution in [0, 0.1) is 13.8 Å². The zero-order chi connectivity index (χ0) is 21.8. The van der Waals surface area contributed by atoms with Crippen molar-refractivity contribution in [3.8, 4) is 11.5 Å². The minimum absolute atomic E-state index is 0.127. The second-order valence-corrected chi connectivity index (χ2v) is 6.85. The molecular formula is C22H24N4O4. The van der Waals surface area contributed by atoms with Gasteiger partial charge >= 0.3 is 0 Å². The molecule has 0 aliphatic rings. The molecule has 30 heavy (non-hydrogen) atoms. The summed E-state index contributed by atoms with van der Waals surface area (Å²) < 4.78 is 12.0. The first-order valence-electron chi connectivity index (χ1n) is 9.28. The van der Waals surface area contributed by atoms with E-state index in [0.717, 1.165) is 11.1 Å². The number of carbonyl (C=O) groups excluding carboxylic acids is 2. The van der Waals surface area contributed by atoms with Gasteiger partial charge in [0.2, 0.25) is 0 Å². The molecule has 2 amide bonds. The number of hydrogen-bond acceptors (Lipinski definition) is 5. The number of ether oxygens (including phenoxy) is 2. The lowest BCUT2D eigenvalue weighted by molar-refractivity contribution is 0.0985. The summed E-state index contributed by atoms with van der Waals surface area (Å²) in [7, 11) is 4.66. The van der Waals surface area contributed by atoms with Gasteiger partial charge in [-0.1, -0.05) is 12.1 Å². The van der Waals surface area contributed by atoms with Crippen molar-refractivity contribution in [1.82, 2.24) is 9.78 Å². The van der Waals surface area contributed by atoms with Crippen LogP contribution < -0.4 is 20.1 Å². The van der Waals surface area contributed by atoms with E-state index < -0.39 is 11.8 Å². The van der Waals surface area contributed by atoms with E-state index in [1.165, 1.54) is 25.1 Å². The van der Waals surface area contributed by atoms with Gasteiger partial charge in [0.1, 0.15) is 17.2 Å². The summed E-state index contributed by atoms with van der Waals surface area (Å²) >= 11 is 0. The van der Waals surface area contributed by atoms with Crippen molar-refractivity contribution in [2.75, 3.05) is 24.9 Å². The van der Waals surface area contributed by atoms with E-state index in [-0.39, 0.29) is 11.3 Å². The average Bonchev–Trinajstić information content (AvgIpc) is 3.10. The van der Waals surface area contributed by atoms with Crippen LogP contribution >= 0.6 is 0 Å². The molecule has 0 aliphatic carbocycles. The molecule has 3 rings (SSSR count). The van der Waals surface area contributed by atoms with Crippen molar-refractivity contribution in [3.63, 3.8) is 0 Å². The van der Waals surface area contributed by atoms with Crippen LogP contribution in [-0.4, -0.2) is 35.8 Å². The maximum absolute atomic E-state index is 13.0. The first-order chi connectivity index (χ1) is 14.3. The molecule has 0 atom stereocenters. The third-order valence-corrected chi connectivity index (χ3v) is 4.60. The molecule has 2 aromatic carbocycles. The predicted molar refractivity (Wildman–Crippen MR) is 115 cm³/mol. The van der Waals surface area contributed by atoms with Crippen molar-refractivity contribution in [3.05, 3.63) is 65.0 Å². The number of aromatic nitrogens is 2. The first kappa shape index (κ1) is 20.9. The fourth-order valence-corrected chi connectivity index (χ4v) is 3.08. The van der Waals surface area contributed by atoms with Gasteiger partial charge in [0.25, 0.3) is 11.8 Å². The Labute approximate surface area is 174 Å². The Morgan fingerprint density at radius 2 is 1.37 bits per heavy atom. The topological polar surface area (TPSA) is 94.5 Å². The minimum Gasteiger partial charge on any atom is -0.495 e. The second kappa shape index (κ2) is 8.69. The van der Waals surface area contributed by atoms with E-state index in [4.69, 9.17) is 9.47 Å². The molecule has 0 aliphatic heterocycles. The van der Waals surface area contributed by atoms with Gasteiger partial charge in [-0.3, -0.25) is 14.3 Å². The van der Waals surface area contributed by atoms with Crippen LogP contribution in [0.4, 0.5) is 11.4 Å². The SMILES string of the molecule is COc1ccc(C)cc1NC(=O)c1cnn(C)c1C(=O)Nc1cc(C)ccc1OC. The highest BCUT2D eigenvalue weighted by atomic mass is 16.5. The molecule has 0 unspecified atom stereocenters. The van der Waals surface area contributed by atoms with Gasteiger partial charge in [-0.2, -0.15) is 5.10 Å². The second-order valence-electron chi connectivity index (χ2n) is 6.85. The summed E-state index contributed by atoms with van der Waals surface area (Å²) in [5.74, 6) is 0.105. The largest absolute Gasteiger partial charge is 0.495 e.